The minimum absolute atomic E-state index is 0.439. The van der Waals surface area contributed by atoms with Gasteiger partial charge in [0.15, 0.2) is 11.7 Å². The molecule has 0 aliphatic carbocycles. The summed E-state index contributed by atoms with van der Waals surface area (Å²) in [6.45, 7) is 8.81. The van der Waals surface area contributed by atoms with Crippen LogP contribution in [0.5, 0.6) is 0 Å². The van der Waals surface area contributed by atoms with Crippen LogP contribution in [0, 0.1) is 5.41 Å². The first-order chi connectivity index (χ1) is 8.47. The molecule has 0 atom stereocenters. The zero-order valence-electron chi connectivity index (χ0n) is 11.4. The lowest BCUT2D eigenvalue weighted by Gasteiger charge is -2.34. The maximum Gasteiger partial charge on any atom is 0.163 e. The highest BCUT2D eigenvalue weighted by Gasteiger charge is 2.30. The molecule has 1 aromatic rings. The number of anilines is 1. The highest BCUT2D eigenvalue weighted by Crippen LogP contribution is 2.29. The van der Waals surface area contributed by atoms with E-state index in [1.807, 2.05) is 30.5 Å². The smallest absolute Gasteiger partial charge is 0.163 e. The highest BCUT2D eigenvalue weighted by molar-refractivity contribution is 6.02. The molecule has 1 aliphatic heterocycles. The van der Waals surface area contributed by atoms with Crippen molar-refractivity contribution in [1.29, 1.82) is 5.41 Å². The van der Waals surface area contributed by atoms with Gasteiger partial charge < -0.3 is 14.4 Å². The third kappa shape index (κ3) is 1.72. The van der Waals surface area contributed by atoms with Crippen LogP contribution >= 0.6 is 0 Å². The predicted molar refractivity (Wildman–Crippen MR) is 73.8 cm³/mol. The van der Waals surface area contributed by atoms with Crippen molar-refractivity contribution >= 4 is 11.7 Å². The van der Waals surface area contributed by atoms with E-state index >= 15 is 0 Å². The molecule has 0 unspecified atom stereocenters. The molecule has 0 aromatic carbocycles. The Labute approximate surface area is 108 Å². The number of hydrogen-bond donors (Lipinski definition) is 1. The van der Waals surface area contributed by atoms with Crippen LogP contribution in [0.25, 0.3) is 0 Å². The summed E-state index contributed by atoms with van der Waals surface area (Å²) in [5, 5.41) is 8.21. The van der Waals surface area contributed by atoms with Crippen molar-refractivity contribution in [2.75, 3.05) is 19.0 Å². The lowest BCUT2D eigenvalue weighted by molar-refractivity contribution is 0.579. The van der Waals surface area contributed by atoms with Gasteiger partial charge in [0, 0.05) is 20.6 Å². The maximum atomic E-state index is 8.21. The van der Waals surface area contributed by atoms with Crippen LogP contribution in [0.4, 0.5) is 5.82 Å². The molecule has 5 heteroatoms. The third-order valence-electron chi connectivity index (χ3n) is 3.38. The van der Waals surface area contributed by atoms with Crippen molar-refractivity contribution in [3.8, 4) is 0 Å². The number of amidine groups is 1. The number of hydrogen-bond acceptors (Lipinski definition) is 3. The number of imidazole rings is 1. The van der Waals surface area contributed by atoms with Gasteiger partial charge >= 0.3 is 0 Å². The zero-order chi connectivity index (χ0) is 13.4. The number of aromatic nitrogens is 2. The van der Waals surface area contributed by atoms with Gasteiger partial charge in [0.2, 0.25) is 0 Å². The van der Waals surface area contributed by atoms with Crippen molar-refractivity contribution in [1.82, 2.24) is 14.5 Å². The first-order valence-electron chi connectivity index (χ1n) is 5.89. The predicted octanol–water partition coefficient (Wildman–Crippen LogP) is 2.03. The van der Waals surface area contributed by atoms with E-state index in [0.717, 1.165) is 23.9 Å². The van der Waals surface area contributed by atoms with Gasteiger partial charge in [-0.1, -0.05) is 18.2 Å². The van der Waals surface area contributed by atoms with Crippen molar-refractivity contribution in [2.24, 2.45) is 0 Å². The molecule has 0 bridgehead atoms. The first-order valence-corrected chi connectivity index (χ1v) is 5.89. The van der Waals surface area contributed by atoms with Crippen molar-refractivity contribution in [3.05, 3.63) is 36.1 Å². The average Bonchev–Trinajstić information content (AvgIpc) is 2.77. The van der Waals surface area contributed by atoms with Gasteiger partial charge in [-0.15, -0.1) is 0 Å². The molecule has 96 valence electrons. The van der Waals surface area contributed by atoms with Gasteiger partial charge in [0.05, 0.1) is 6.33 Å². The second kappa shape index (κ2) is 4.33. The van der Waals surface area contributed by atoms with E-state index in [9.17, 15) is 0 Å². The normalized spacial score (nSPS) is 16.3. The van der Waals surface area contributed by atoms with E-state index in [-0.39, 0.29) is 0 Å². The fourth-order valence-electron chi connectivity index (χ4n) is 1.97. The molecular weight excluding hydrogens is 226 g/mol. The SMILES string of the molecule is C=C1N(C)C(=N)c2c(ncn2CC(C)=CC)N1C. The Morgan fingerprint density at radius 2 is 2.11 bits per heavy atom. The Hall–Kier alpha value is -2.04. The molecule has 0 fully saturated rings. The maximum absolute atomic E-state index is 8.21. The van der Waals surface area contributed by atoms with Crippen molar-refractivity contribution in [2.45, 2.75) is 20.4 Å². The van der Waals surface area contributed by atoms with Gasteiger partial charge in [0.1, 0.15) is 11.5 Å². The molecule has 1 aliphatic rings. The van der Waals surface area contributed by atoms with Crippen molar-refractivity contribution < 1.29 is 0 Å². The van der Waals surface area contributed by atoms with Gasteiger partial charge in [0.25, 0.3) is 0 Å². The fraction of sp³-hybridized carbons (Fsp3) is 0.385. The van der Waals surface area contributed by atoms with Crippen molar-refractivity contribution in [3.63, 3.8) is 0 Å². The third-order valence-corrected chi connectivity index (χ3v) is 3.38. The lowest BCUT2D eigenvalue weighted by atomic mass is 10.2. The standard InChI is InChI=1S/C13H19N5/c1-6-9(2)7-18-8-15-13-11(18)12(14)16(4)10(3)17(13)5/h6,8,14H,3,7H2,1-2,4-5H3. The molecule has 0 spiro atoms. The summed E-state index contributed by atoms with van der Waals surface area (Å²) in [5.41, 5.74) is 2.09. The van der Waals surface area contributed by atoms with Gasteiger partial charge in [-0.3, -0.25) is 5.41 Å². The van der Waals surface area contributed by atoms with Crippen LogP contribution in [0.2, 0.25) is 0 Å². The molecular formula is C13H19N5. The number of nitrogens with zero attached hydrogens (tertiary/aromatic N) is 4. The van der Waals surface area contributed by atoms with E-state index in [1.54, 1.807) is 11.2 Å². The molecule has 0 radical (unpaired) electrons. The first kappa shape index (κ1) is 12.4. The second-order valence-corrected chi connectivity index (χ2v) is 4.56. The molecule has 5 nitrogen and oxygen atoms in total. The lowest BCUT2D eigenvalue weighted by Crippen LogP contribution is -2.41. The quantitative estimate of drug-likeness (QED) is 0.811. The van der Waals surface area contributed by atoms with Crippen LogP contribution < -0.4 is 4.90 Å². The largest absolute Gasteiger partial charge is 0.322 e. The summed E-state index contributed by atoms with van der Waals surface area (Å²) < 4.78 is 2.01. The fourth-order valence-corrected chi connectivity index (χ4v) is 1.97. The van der Waals surface area contributed by atoms with Crippen LogP contribution in [-0.4, -0.2) is 34.4 Å². The highest BCUT2D eigenvalue weighted by atomic mass is 15.4. The summed E-state index contributed by atoms with van der Waals surface area (Å²) in [4.78, 5) is 8.07. The van der Waals surface area contributed by atoms with Crippen LogP contribution in [0.15, 0.2) is 30.4 Å². The second-order valence-electron chi connectivity index (χ2n) is 4.56. The Kier molecular flexibility index (Phi) is 2.98. The number of allylic oxidation sites excluding steroid dienone is 2. The Bertz CT molecular complexity index is 538. The van der Waals surface area contributed by atoms with Gasteiger partial charge in [-0.05, 0) is 13.8 Å². The topological polar surface area (TPSA) is 48.2 Å². The molecule has 2 rings (SSSR count). The van der Waals surface area contributed by atoms with Crippen LogP contribution in [0.3, 0.4) is 0 Å². The van der Waals surface area contributed by atoms with E-state index in [2.05, 4.69) is 24.6 Å². The monoisotopic (exact) mass is 245 g/mol. The Morgan fingerprint density at radius 1 is 1.44 bits per heavy atom. The molecule has 0 saturated heterocycles. The summed E-state index contributed by atoms with van der Waals surface area (Å²) in [6.07, 6.45) is 3.86. The Balaban J connectivity index is 2.49. The van der Waals surface area contributed by atoms with Gasteiger partial charge in [-0.2, -0.15) is 0 Å². The minimum Gasteiger partial charge on any atom is -0.322 e. The van der Waals surface area contributed by atoms with Gasteiger partial charge in [-0.25, -0.2) is 4.98 Å². The summed E-state index contributed by atoms with van der Waals surface area (Å²) >= 11 is 0. The number of nitrogens with one attached hydrogen (secondary N) is 1. The molecule has 1 N–H and O–H groups in total. The number of rotatable bonds is 2. The summed E-state index contributed by atoms with van der Waals surface area (Å²) in [5.74, 6) is 2.00. The molecule has 18 heavy (non-hydrogen) atoms. The molecule has 0 saturated carbocycles. The summed E-state index contributed by atoms with van der Waals surface area (Å²) in [6, 6.07) is 0. The zero-order valence-corrected chi connectivity index (χ0v) is 11.4. The summed E-state index contributed by atoms with van der Waals surface area (Å²) in [7, 11) is 3.77. The average molecular weight is 245 g/mol. The van der Waals surface area contributed by atoms with E-state index in [1.165, 1.54) is 5.57 Å². The molecule has 2 heterocycles. The van der Waals surface area contributed by atoms with E-state index < -0.39 is 0 Å². The van der Waals surface area contributed by atoms with E-state index in [0.29, 0.717) is 5.84 Å². The van der Waals surface area contributed by atoms with E-state index in [4.69, 9.17) is 5.41 Å². The van der Waals surface area contributed by atoms with Crippen LogP contribution in [0.1, 0.15) is 19.5 Å². The minimum atomic E-state index is 0.439. The molecule has 1 aromatic heterocycles. The number of fused-ring (bicyclic) bond motifs is 1. The molecule has 0 amide bonds. The van der Waals surface area contributed by atoms with Crippen LogP contribution in [-0.2, 0) is 6.54 Å². The Morgan fingerprint density at radius 3 is 2.72 bits per heavy atom.